The summed E-state index contributed by atoms with van der Waals surface area (Å²) in [6.45, 7) is 3.44. The van der Waals surface area contributed by atoms with E-state index in [1.165, 1.54) is 6.92 Å². The van der Waals surface area contributed by atoms with Gasteiger partial charge in [0, 0.05) is 13.8 Å². The minimum Gasteiger partial charge on any atom is -0.456 e. The van der Waals surface area contributed by atoms with Gasteiger partial charge in [-0.2, -0.15) is 0 Å². The fraction of sp³-hybridized carbons (Fsp3) is 0.800. The molecule has 0 aromatic rings. The van der Waals surface area contributed by atoms with Crippen molar-refractivity contribution < 1.29 is 47.1 Å². The molecular formula is C10H16FO9P. The molecule has 0 aromatic heterocycles. The first-order valence-electron chi connectivity index (χ1n) is 5.89. The quantitative estimate of drug-likeness (QED) is 0.542. The van der Waals surface area contributed by atoms with Crippen molar-refractivity contribution in [2.45, 2.75) is 51.5 Å². The van der Waals surface area contributed by atoms with Gasteiger partial charge in [0.15, 0.2) is 18.4 Å². The zero-order valence-corrected chi connectivity index (χ0v) is 12.4. The van der Waals surface area contributed by atoms with Gasteiger partial charge in [-0.15, -0.1) is 0 Å². The van der Waals surface area contributed by atoms with E-state index < -0.39 is 50.5 Å². The number of phosphoric acid groups is 1. The van der Waals surface area contributed by atoms with E-state index >= 15 is 0 Å². The van der Waals surface area contributed by atoms with Gasteiger partial charge in [0.2, 0.25) is 6.29 Å². The maximum atomic E-state index is 14.2. The molecule has 0 spiro atoms. The minimum absolute atomic E-state index is 0.755. The van der Waals surface area contributed by atoms with Crippen molar-refractivity contribution in [2.75, 3.05) is 0 Å². The maximum Gasteiger partial charge on any atom is 0.472 e. The third-order valence-corrected chi connectivity index (χ3v) is 3.04. The Morgan fingerprint density at radius 1 is 1.14 bits per heavy atom. The summed E-state index contributed by atoms with van der Waals surface area (Å²) in [6.07, 6.45) is -8.09. The standard InChI is InChI=1S/C10H16FO9P/c1-4-8(18-5(2)12)9(19-6(3)13)7(11)10(17-4)20-21(14,15)16/h4,7-10H,1-3H3,(H2,14,15,16)/t4-,7-,8+,9-,10+/m0/s1. The van der Waals surface area contributed by atoms with Gasteiger partial charge in [-0.3, -0.25) is 14.1 Å². The number of phosphoric ester groups is 1. The van der Waals surface area contributed by atoms with Gasteiger partial charge in [0.25, 0.3) is 0 Å². The fourth-order valence-corrected chi connectivity index (χ4v) is 2.30. The van der Waals surface area contributed by atoms with Crippen LogP contribution in [0.1, 0.15) is 20.8 Å². The minimum atomic E-state index is -5.02. The van der Waals surface area contributed by atoms with Crippen molar-refractivity contribution in [2.24, 2.45) is 0 Å². The smallest absolute Gasteiger partial charge is 0.456 e. The van der Waals surface area contributed by atoms with Crippen molar-refractivity contribution in [1.82, 2.24) is 0 Å². The number of hydrogen-bond donors (Lipinski definition) is 2. The number of halogens is 1. The van der Waals surface area contributed by atoms with E-state index in [1.807, 2.05) is 0 Å². The maximum absolute atomic E-state index is 14.2. The van der Waals surface area contributed by atoms with Crippen molar-refractivity contribution in [3.8, 4) is 0 Å². The Balaban J connectivity index is 2.97. The fourth-order valence-electron chi connectivity index (χ4n) is 1.86. The van der Waals surface area contributed by atoms with Crippen LogP contribution in [0.15, 0.2) is 0 Å². The molecule has 122 valence electrons. The first-order valence-corrected chi connectivity index (χ1v) is 7.42. The van der Waals surface area contributed by atoms with E-state index in [0.29, 0.717) is 0 Å². The lowest BCUT2D eigenvalue weighted by Crippen LogP contribution is -2.58. The van der Waals surface area contributed by atoms with Crippen molar-refractivity contribution in [3.05, 3.63) is 0 Å². The highest BCUT2D eigenvalue weighted by Gasteiger charge is 2.51. The molecule has 0 bridgehead atoms. The summed E-state index contributed by atoms with van der Waals surface area (Å²) in [5.74, 6) is -1.61. The Bertz CT molecular complexity index is 450. The number of carbonyl (C=O) groups excluding carboxylic acids is 2. The number of rotatable bonds is 4. The Morgan fingerprint density at radius 2 is 1.62 bits per heavy atom. The normalized spacial score (nSPS) is 33.3. The number of esters is 2. The number of ether oxygens (including phenoxy) is 3. The first kappa shape index (κ1) is 18.0. The summed E-state index contributed by atoms with van der Waals surface area (Å²) < 4.78 is 43.7. The summed E-state index contributed by atoms with van der Waals surface area (Å²) in [5.41, 5.74) is 0. The Hall–Kier alpha value is -1.06. The molecule has 11 heteroatoms. The lowest BCUT2D eigenvalue weighted by Gasteiger charge is -2.40. The highest BCUT2D eigenvalue weighted by atomic mass is 31.2. The predicted molar refractivity (Wildman–Crippen MR) is 63.5 cm³/mol. The van der Waals surface area contributed by atoms with E-state index in [4.69, 9.17) is 24.0 Å². The van der Waals surface area contributed by atoms with Crippen LogP contribution in [0.5, 0.6) is 0 Å². The lowest BCUT2D eigenvalue weighted by molar-refractivity contribution is -0.264. The van der Waals surface area contributed by atoms with Crippen LogP contribution in [0.25, 0.3) is 0 Å². The molecule has 0 amide bonds. The van der Waals surface area contributed by atoms with Gasteiger partial charge in [0.1, 0.15) is 0 Å². The number of carbonyl (C=O) groups is 2. The van der Waals surface area contributed by atoms with E-state index in [2.05, 4.69) is 4.52 Å². The third kappa shape index (κ3) is 5.33. The largest absolute Gasteiger partial charge is 0.472 e. The van der Waals surface area contributed by atoms with Gasteiger partial charge in [-0.25, -0.2) is 8.96 Å². The van der Waals surface area contributed by atoms with E-state index in [-0.39, 0.29) is 0 Å². The molecular weight excluding hydrogens is 314 g/mol. The van der Waals surface area contributed by atoms with Crippen LogP contribution in [0, 0.1) is 0 Å². The van der Waals surface area contributed by atoms with Gasteiger partial charge in [0.05, 0.1) is 6.10 Å². The molecule has 21 heavy (non-hydrogen) atoms. The molecule has 5 atom stereocenters. The Labute approximate surface area is 119 Å². The van der Waals surface area contributed by atoms with Gasteiger partial charge < -0.3 is 24.0 Å². The average molecular weight is 330 g/mol. The van der Waals surface area contributed by atoms with Crippen LogP contribution < -0.4 is 0 Å². The number of alkyl halides is 1. The molecule has 0 radical (unpaired) electrons. The number of hydrogen-bond acceptors (Lipinski definition) is 7. The summed E-state index contributed by atoms with van der Waals surface area (Å²) in [5, 5.41) is 0. The van der Waals surface area contributed by atoms with Crippen LogP contribution in [0.4, 0.5) is 4.39 Å². The van der Waals surface area contributed by atoms with E-state index in [1.54, 1.807) is 0 Å². The van der Waals surface area contributed by atoms with Crippen molar-refractivity contribution in [1.29, 1.82) is 0 Å². The lowest BCUT2D eigenvalue weighted by atomic mass is 10.0. The zero-order valence-electron chi connectivity index (χ0n) is 11.5. The van der Waals surface area contributed by atoms with Crippen molar-refractivity contribution >= 4 is 19.8 Å². The Kier molecular flexibility index (Phi) is 5.83. The Morgan fingerprint density at radius 3 is 2.05 bits per heavy atom. The van der Waals surface area contributed by atoms with Gasteiger partial charge in [-0.05, 0) is 6.92 Å². The highest BCUT2D eigenvalue weighted by Crippen LogP contribution is 2.42. The topological polar surface area (TPSA) is 129 Å². The molecule has 0 unspecified atom stereocenters. The highest BCUT2D eigenvalue weighted by molar-refractivity contribution is 7.46. The van der Waals surface area contributed by atoms with Crippen LogP contribution in [-0.2, 0) is 32.9 Å². The van der Waals surface area contributed by atoms with Crippen molar-refractivity contribution in [3.63, 3.8) is 0 Å². The van der Waals surface area contributed by atoms with E-state index in [9.17, 15) is 18.5 Å². The van der Waals surface area contributed by atoms with Crippen LogP contribution in [-0.4, -0.2) is 52.5 Å². The van der Waals surface area contributed by atoms with Gasteiger partial charge in [-0.1, -0.05) is 0 Å². The molecule has 0 aliphatic carbocycles. The summed E-state index contributed by atoms with van der Waals surface area (Å²) in [6, 6.07) is 0. The molecule has 0 saturated carbocycles. The average Bonchev–Trinajstić information content (AvgIpc) is 2.27. The van der Waals surface area contributed by atoms with E-state index in [0.717, 1.165) is 13.8 Å². The monoisotopic (exact) mass is 330 g/mol. The first-order chi connectivity index (χ1) is 9.51. The van der Waals surface area contributed by atoms with Crippen LogP contribution in [0.3, 0.4) is 0 Å². The second-order valence-electron chi connectivity index (χ2n) is 4.40. The molecule has 9 nitrogen and oxygen atoms in total. The van der Waals surface area contributed by atoms with Crippen LogP contribution >= 0.6 is 7.82 Å². The molecule has 2 N–H and O–H groups in total. The second-order valence-corrected chi connectivity index (χ2v) is 5.59. The molecule has 1 saturated heterocycles. The summed E-state index contributed by atoms with van der Waals surface area (Å²) in [7, 11) is -5.02. The SMILES string of the molecule is CC(=O)O[C@H]1[C@H](F)[C@@H](OP(=O)(O)O)O[C@@H](C)[C@H]1OC(C)=O. The molecule has 1 aliphatic rings. The predicted octanol–water partition coefficient (Wildman–Crippen LogP) is 0.0420. The zero-order chi connectivity index (χ0) is 16.4. The molecule has 1 aliphatic heterocycles. The summed E-state index contributed by atoms with van der Waals surface area (Å²) in [4.78, 5) is 39.4. The summed E-state index contributed by atoms with van der Waals surface area (Å²) >= 11 is 0. The van der Waals surface area contributed by atoms with Gasteiger partial charge >= 0.3 is 19.8 Å². The second kappa shape index (κ2) is 6.80. The van der Waals surface area contributed by atoms with Crippen LogP contribution in [0.2, 0.25) is 0 Å². The molecule has 1 fully saturated rings. The molecule has 1 heterocycles. The third-order valence-electron chi connectivity index (χ3n) is 2.55. The molecule has 1 rings (SSSR count). The molecule has 0 aromatic carbocycles.